The van der Waals surface area contributed by atoms with Gasteiger partial charge in [-0.2, -0.15) is 5.06 Å². The molecule has 0 fully saturated rings. The summed E-state index contributed by atoms with van der Waals surface area (Å²) in [5.74, 6) is 0. The van der Waals surface area contributed by atoms with Crippen LogP contribution in [0.1, 0.15) is 46.0 Å². The first kappa shape index (κ1) is 12.9. The quantitative estimate of drug-likeness (QED) is 0.316. The molecule has 80 valence electrons. The summed E-state index contributed by atoms with van der Waals surface area (Å²) in [4.78, 5) is 9.73. The number of nitrogens with zero attached hydrogens (tertiary/aromatic N) is 1. The molecule has 0 aromatic heterocycles. The van der Waals surface area contributed by atoms with E-state index in [9.17, 15) is 0 Å². The molecule has 0 aliphatic rings. The zero-order valence-corrected chi connectivity index (χ0v) is 9.21. The minimum absolute atomic E-state index is 0.597. The number of unbranched alkanes of at least 4 members (excludes halogenated alkanes) is 4. The summed E-state index contributed by atoms with van der Waals surface area (Å²) in [5.41, 5.74) is 0. The first-order valence-corrected chi connectivity index (χ1v) is 5.32. The van der Waals surface area contributed by atoms with E-state index < -0.39 is 0 Å². The van der Waals surface area contributed by atoms with Gasteiger partial charge in [0, 0.05) is 13.6 Å². The van der Waals surface area contributed by atoms with Crippen molar-refractivity contribution < 1.29 is 9.88 Å². The van der Waals surface area contributed by atoms with Gasteiger partial charge in [-0.05, 0) is 13.3 Å². The highest BCUT2D eigenvalue weighted by Gasteiger charge is 1.97. The Balaban J connectivity index is 3.03. The van der Waals surface area contributed by atoms with Crippen molar-refractivity contribution in [2.45, 2.75) is 46.0 Å². The maximum absolute atomic E-state index is 4.93. The standard InChI is InChI=1S/C10H23NO2/c1-4-6-7-8-9-10-11(3)13-12-5-2/h4-10H2,1-3H3. The average Bonchev–Trinajstić information content (AvgIpc) is 2.14. The summed E-state index contributed by atoms with van der Waals surface area (Å²) < 4.78 is 0. The molecular formula is C10H23NO2. The Hall–Kier alpha value is -0.120. The van der Waals surface area contributed by atoms with Crippen LogP contribution in [0.15, 0.2) is 0 Å². The zero-order valence-electron chi connectivity index (χ0n) is 9.21. The van der Waals surface area contributed by atoms with Gasteiger partial charge in [-0.1, -0.05) is 32.6 Å². The van der Waals surface area contributed by atoms with Crippen LogP contribution >= 0.6 is 0 Å². The van der Waals surface area contributed by atoms with Crippen LogP contribution in [0.4, 0.5) is 0 Å². The van der Waals surface area contributed by atoms with Crippen molar-refractivity contribution in [3.63, 3.8) is 0 Å². The van der Waals surface area contributed by atoms with Crippen LogP contribution < -0.4 is 0 Å². The number of rotatable bonds is 9. The van der Waals surface area contributed by atoms with Crippen LogP contribution in [-0.2, 0) is 9.88 Å². The Morgan fingerprint density at radius 2 is 1.69 bits per heavy atom. The fraction of sp³-hybridized carbons (Fsp3) is 1.00. The van der Waals surface area contributed by atoms with E-state index in [1.54, 1.807) is 5.06 Å². The lowest BCUT2D eigenvalue weighted by atomic mass is 10.1. The Bertz CT molecular complexity index is 98.9. The van der Waals surface area contributed by atoms with Crippen molar-refractivity contribution in [2.24, 2.45) is 0 Å². The van der Waals surface area contributed by atoms with Crippen LogP contribution in [0.2, 0.25) is 0 Å². The molecule has 0 bridgehead atoms. The smallest absolute Gasteiger partial charge is 0.0814 e. The largest absolute Gasteiger partial charge is 0.218 e. The van der Waals surface area contributed by atoms with Gasteiger partial charge in [-0.3, -0.25) is 0 Å². The van der Waals surface area contributed by atoms with Crippen LogP contribution in [0.3, 0.4) is 0 Å². The second kappa shape index (κ2) is 9.96. The first-order valence-electron chi connectivity index (χ1n) is 5.32. The third-order valence-corrected chi connectivity index (χ3v) is 1.87. The summed E-state index contributed by atoms with van der Waals surface area (Å²) in [6.07, 6.45) is 6.44. The van der Waals surface area contributed by atoms with Crippen molar-refractivity contribution in [2.75, 3.05) is 20.2 Å². The molecule has 0 saturated heterocycles. The van der Waals surface area contributed by atoms with Gasteiger partial charge in [-0.25, -0.2) is 4.89 Å². The molecule has 13 heavy (non-hydrogen) atoms. The van der Waals surface area contributed by atoms with Gasteiger partial charge in [0.15, 0.2) is 0 Å². The van der Waals surface area contributed by atoms with E-state index >= 15 is 0 Å². The molecule has 3 heteroatoms. The highest BCUT2D eigenvalue weighted by atomic mass is 17.3. The second-order valence-corrected chi connectivity index (χ2v) is 3.25. The fourth-order valence-electron chi connectivity index (χ4n) is 1.12. The second-order valence-electron chi connectivity index (χ2n) is 3.25. The van der Waals surface area contributed by atoms with E-state index in [0.29, 0.717) is 6.61 Å². The lowest BCUT2D eigenvalue weighted by Crippen LogP contribution is -2.20. The Kier molecular flexibility index (Phi) is 9.87. The third-order valence-electron chi connectivity index (χ3n) is 1.87. The molecule has 0 heterocycles. The summed E-state index contributed by atoms with van der Waals surface area (Å²) in [5, 5.41) is 1.75. The predicted octanol–water partition coefficient (Wildman–Crippen LogP) is 2.77. The van der Waals surface area contributed by atoms with Crippen LogP contribution in [0.5, 0.6) is 0 Å². The van der Waals surface area contributed by atoms with Crippen LogP contribution in [-0.4, -0.2) is 25.3 Å². The molecule has 0 amide bonds. The topological polar surface area (TPSA) is 21.7 Å². The third kappa shape index (κ3) is 9.80. The lowest BCUT2D eigenvalue weighted by Gasteiger charge is -2.13. The SMILES string of the molecule is CCCCCCCN(C)OOCC. The molecule has 0 aromatic carbocycles. The number of hydrogen-bond donors (Lipinski definition) is 0. The maximum Gasteiger partial charge on any atom is 0.0814 e. The van der Waals surface area contributed by atoms with Gasteiger partial charge in [0.25, 0.3) is 0 Å². The molecule has 0 saturated carbocycles. The Labute approximate surface area is 81.9 Å². The molecule has 3 nitrogen and oxygen atoms in total. The van der Waals surface area contributed by atoms with E-state index in [1.165, 1.54) is 32.1 Å². The lowest BCUT2D eigenvalue weighted by molar-refractivity contribution is -0.417. The molecule has 0 N–H and O–H groups in total. The van der Waals surface area contributed by atoms with E-state index in [1.807, 2.05) is 14.0 Å². The van der Waals surface area contributed by atoms with Crippen molar-refractivity contribution in [3.05, 3.63) is 0 Å². The average molecular weight is 189 g/mol. The van der Waals surface area contributed by atoms with Gasteiger partial charge >= 0.3 is 0 Å². The van der Waals surface area contributed by atoms with Gasteiger partial charge in [0.2, 0.25) is 0 Å². The number of hydroxylamine groups is 2. The summed E-state index contributed by atoms with van der Waals surface area (Å²) >= 11 is 0. The summed E-state index contributed by atoms with van der Waals surface area (Å²) in [7, 11) is 1.90. The molecule has 0 spiro atoms. The zero-order chi connectivity index (χ0) is 9.94. The van der Waals surface area contributed by atoms with Crippen molar-refractivity contribution >= 4 is 0 Å². The maximum atomic E-state index is 4.93. The van der Waals surface area contributed by atoms with E-state index in [4.69, 9.17) is 9.88 Å². The molecule has 0 atom stereocenters. The Morgan fingerprint density at radius 1 is 1.00 bits per heavy atom. The Morgan fingerprint density at radius 3 is 2.31 bits per heavy atom. The van der Waals surface area contributed by atoms with Gasteiger partial charge < -0.3 is 0 Å². The molecule has 0 radical (unpaired) electrons. The van der Waals surface area contributed by atoms with Crippen LogP contribution in [0, 0.1) is 0 Å². The molecule has 0 aliphatic carbocycles. The van der Waals surface area contributed by atoms with E-state index in [-0.39, 0.29) is 0 Å². The van der Waals surface area contributed by atoms with Gasteiger partial charge in [0.05, 0.1) is 6.61 Å². The van der Waals surface area contributed by atoms with Gasteiger partial charge in [-0.15, -0.1) is 4.99 Å². The molecule has 0 aromatic rings. The first-order chi connectivity index (χ1) is 6.31. The summed E-state index contributed by atoms with van der Waals surface area (Å²) in [6.45, 7) is 5.68. The highest BCUT2D eigenvalue weighted by molar-refractivity contribution is 4.43. The van der Waals surface area contributed by atoms with E-state index in [2.05, 4.69) is 6.92 Å². The highest BCUT2D eigenvalue weighted by Crippen LogP contribution is 2.03. The minimum Gasteiger partial charge on any atom is -0.218 e. The normalized spacial score (nSPS) is 11.1. The fourth-order valence-corrected chi connectivity index (χ4v) is 1.12. The van der Waals surface area contributed by atoms with Crippen molar-refractivity contribution in [3.8, 4) is 0 Å². The van der Waals surface area contributed by atoms with Crippen molar-refractivity contribution in [1.29, 1.82) is 0 Å². The molecule has 0 unspecified atom stereocenters. The monoisotopic (exact) mass is 189 g/mol. The molecule has 0 aliphatic heterocycles. The minimum atomic E-state index is 0.597. The van der Waals surface area contributed by atoms with E-state index in [0.717, 1.165) is 6.54 Å². The molecular weight excluding hydrogens is 166 g/mol. The summed E-state index contributed by atoms with van der Waals surface area (Å²) in [6, 6.07) is 0. The van der Waals surface area contributed by atoms with Crippen molar-refractivity contribution in [1.82, 2.24) is 5.06 Å². The predicted molar refractivity (Wildman–Crippen MR) is 54.1 cm³/mol. The molecule has 0 rings (SSSR count). The number of hydrogen-bond acceptors (Lipinski definition) is 3. The van der Waals surface area contributed by atoms with Crippen LogP contribution in [0.25, 0.3) is 0 Å². The van der Waals surface area contributed by atoms with Gasteiger partial charge in [0.1, 0.15) is 0 Å².